The van der Waals surface area contributed by atoms with E-state index in [-0.39, 0.29) is 28.6 Å². The molecule has 0 radical (unpaired) electrons. The Morgan fingerprint density at radius 2 is 2.39 bits per heavy atom. The van der Waals surface area contributed by atoms with Crippen LogP contribution in [0.15, 0.2) is 12.3 Å². The largest absolute Gasteiger partial charge is 0.395 e. The number of aliphatic hydroxyl groups is 1. The number of rotatable bonds is 6. The summed E-state index contributed by atoms with van der Waals surface area (Å²) < 4.78 is 0. The van der Waals surface area contributed by atoms with Gasteiger partial charge in [0, 0.05) is 17.4 Å². The highest BCUT2D eigenvalue weighted by Crippen LogP contribution is 2.25. The van der Waals surface area contributed by atoms with Gasteiger partial charge >= 0.3 is 0 Å². The molecule has 1 aromatic heterocycles. The van der Waals surface area contributed by atoms with Crippen molar-refractivity contribution < 1.29 is 10.0 Å². The minimum Gasteiger partial charge on any atom is -0.395 e. The molecule has 2 unspecified atom stereocenters. The Balaban J connectivity index is 2.82. The predicted molar refractivity (Wildman–Crippen MR) is 73.4 cm³/mol. The third-order valence-electron chi connectivity index (χ3n) is 2.44. The Morgan fingerprint density at radius 3 is 2.83 bits per heavy atom. The summed E-state index contributed by atoms with van der Waals surface area (Å²) in [6.07, 6.45) is 3.04. The molecule has 2 N–H and O–H groups in total. The molecule has 2 atom stereocenters. The Kier molecular flexibility index (Phi) is 5.64. The first-order valence-corrected chi connectivity index (χ1v) is 6.86. The minimum atomic E-state index is -0.551. The van der Waals surface area contributed by atoms with Crippen molar-refractivity contribution in [2.45, 2.75) is 18.2 Å². The number of nitrogens with one attached hydrogen (secondary N) is 1. The van der Waals surface area contributed by atoms with E-state index >= 15 is 0 Å². The molecule has 0 saturated carbocycles. The van der Waals surface area contributed by atoms with Gasteiger partial charge in [0.25, 0.3) is 5.69 Å². The number of hydrogen-bond donors (Lipinski definition) is 2. The standard InChI is InChI=1S/C10H14ClN3O3S/c1-6(9(5-15)18-2)13-10-8(11)3-7(4-12-10)14(16)17/h3-4,6,9,15H,5H2,1-2H3,(H,12,13). The van der Waals surface area contributed by atoms with Crippen LogP contribution in [0.3, 0.4) is 0 Å². The van der Waals surface area contributed by atoms with Crippen LogP contribution in [-0.2, 0) is 0 Å². The van der Waals surface area contributed by atoms with Gasteiger partial charge in [-0.2, -0.15) is 11.8 Å². The van der Waals surface area contributed by atoms with E-state index in [0.29, 0.717) is 5.82 Å². The van der Waals surface area contributed by atoms with Crippen LogP contribution in [0, 0.1) is 10.1 Å². The van der Waals surface area contributed by atoms with E-state index in [2.05, 4.69) is 10.3 Å². The number of nitrogens with zero attached hydrogens (tertiary/aromatic N) is 2. The van der Waals surface area contributed by atoms with Crippen LogP contribution in [0.4, 0.5) is 11.5 Å². The molecule has 0 bridgehead atoms. The fourth-order valence-corrected chi connectivity index (χ4v) is 2.22. The lowest BCUT2D eigenvalue weighted by Crippen LogP contribution is -2.31. The number of thioether (sulfide) groups is 1. The maximum atomic E-state index is 10.5. The monoisotopic (exact) mass is 291 g/mol. The molecule has 0 aromatic carbocycles. The average molecular weight is 292 g/mol. The van der Waals surface area contributed by atoms with Gasteiger partial charge in [-0.15, -0.1) is 0 Å². The Labute approximate surface area is 114 Å². The van der Waals surface area contributed by atoms with Crippen molar-refractivity contribution in [1.29, 1.82) is 0 Å². The van der Waals surface area contributed by atoms with Crippen molar-refractivity contribution in [3.63, 3.8) is 0 Å². The SMILES string of the molecule is CSC(CO)C(C)Nc1ncc([N+](=O)[O-])cc1Cl. The highest BCUT2D eigenvalue weighted by Gasteiger charge is 2.18. The van der Waals surface area contributed by atoms with Gasteiger partial charge in [0.2, 0.25) is 0 Å². The van der Waals surface area contributed by atoms with Gasteiger partial charge < -0.3 is 10.4 Å². The normalized spacial score (nSPS) is 14.0. The molecule has 18 heavy (non-hydrogen) atoms. The predicted octanol–water partition coefficient (Wildman–Crippen LogP) is 2.17. The highest BCUT2D eigenvalue weighted by atomic mass is 35.5. The summed E-state index contributed by atoms with van der Waals surface area (Å²) in [5.41, 5.74) is -0.151. The number of hydrogen-bond acceptors (Lipinski definition) is 6. The Bertz CT molecular complexity index is 429. The molecule has 100 valence electrons. The number of nitro groups is 1. The topological polar surface area (TPSA) is 88.3 Å². The van der Waals surface area contributed by atoms with Gasteiger partial charge in [0.15, 0.2) is 0 Å². The second kappa shape index (κ2) is 6.77. The van der Waals surface area contributed by atoms with E-state index in [1.807, 2.05) is 13.2 Å². The van der Waals surface area contributed by atoms with Crippen molar-refractivity contribution >= 4 is 34.9 Å². The van der Waals surface area contributed by atoms with E-state index in [0.717, 1.165) is 6.20 Å². The van der Waals surface area contributed by atoms with Gasteiger partial charge in [0.05, 0.1) is 16.6 Å². The lowest BCUT2D eigenvalue weighted by atomic mass is 10.2. The molecule has 0 spiro atoms. The second-order valence-corrected chi connectivity index (χ2v) is 5.15. The molecule has 1 aromatic rings. The first-order valence-electron chi connectivity index (χ1n) is 5.19. The molecule has 6 nitrogen and oxygen atoms in total. The van der Waals surface area contributed by atoms with Crippen molar-refractivity contribution in [3.8, 4) is 0 Å². The van der Waals surface area contributed by atoms with Crippen molar-refractivity contribution in [2.75, 3.05) is 18.2 Å². The van der Waals surface area contributed by atoms with Crippen molar-refractivity contribution in [2.24, 2.45) is 0 Å². The number of aromatic nitrogens is 1. The van der Waals surface area contributed by atoms with E-state index in [1.54, 1.807) is 0 Å². The number of aliphatic hydroxyl groups excluding tert-OH is 1. The zero-order valence-electron chi connectivity index (χ0n) is 9.96. The lowest BCUT2D eigenvalue weighted by Gasteiger charge is -2.22. The van der Waals surface area contributed by atoms with E-state index in [9.17, 15) is 10.1 Å². The van der Waals surface area contributed by atoms with E-state index in [4.69, 9.17) is 16.7 Å². The molecular weight excluding hydrogens is 278 g/mol. The summed E-state index contributed by atoms with van der Waals surface area (Å²) in [6, 6.07) is 1.19. The Hall–Kier alpha value is -1.05. The molecular formula is C10H14ClN3O3S. The third kappa shape index (κ3) is 3.72. The molecule has 0 aliphatic rings. The number of pyridine rings is 1. The van der Waals surface area contributed by atoms with Crippen LogP contribution in [0.25, 0.3) is 0 Å². The molecule has 0 aliphatic carbocycles. The number of anilines is 1. The van der Waals surface area contributed by atoms with Crippen LogP contribution in [-0.4, -0.2) is 39.2 Å². The molecule has 0 aliphatic heterocycles. The first kappa shape index (κ1) is 15.0. The zero-order chi connectivity index (χ0) is 13.7. The molecule has 1 rings (SSSR count). The van der Waals surface area contributed by atoms with Crippen LogP contribution < -0.4 is 5.32 Å². The van der Waals surface area contributed by atoms with Gasteiger partial charge in [-0.3, -0.25) is 10.1 Å². The molecule has 0 amide bonds. The van der Waals surface area contributed by atoms with Gasteiger partial charge in [-0.25, -0.2) is 4.98 Å². The summed E-state index contributed by atoms with van der Waals surface area (Å²) in [6.45, 7) is 1.91. The molecule has 0 fully saturated rings. The maximum Gasteiger partial charge on any atom is 0.289 e. The van der Waals surface area contributed by atoms with Crippen LogP contribution >= 0.6 is 23.4 Å². The first-order chi connectivity index (χ1) is 8.49. The summed E-state index contributed by atoms with van der Waals surface area (Å²) in [7, 11) is 0. The molecule has 1 heterocycles. The Morgan fingerprint density at radius 1 is 1.72 bits per heavy atom. The van der Waals surface area contributed by atoms with Gasteiger partial charge in [-0.1, -0.05) is 11.6 Å². The van der Waals surface area contributed by atoms with E-state index in [1.165, 1.54) is 17.8 Å². The molecule has 0 saturated heterocycles. The van der Waals surface area contributed by atoms with Crippen LogP contribution in [0.5, 0.6) is 0 Å². The highest BCUT2D eigenvalue weighted by molar-refractivity contribution is 7.99. The summed E-state index contributed by atoms with van der Waals surface area (Å²) in [5.74, 6) is 0.377. The van der Waals surface area contributed by atoms with Crippen molar-refractivity contribution in [3.05, 3.63) is 27.4 Å². The van der Waals surface area contributed by atoms with Gasteiger partial charge in [0.1, 0.15) is 12.0 Å². The second-order valence-electron chi connectivity index (χ2n) is 3.67. The fraction of sp³-hybridized carbons (Fsp3) is 0.500. The van der Waals surface area contributed by atoms with Crippen molar-refractivity contribution in [1.82, 2.24) is 4.98 Å². The lowest BCUT2D eigenvalue weighted by molar-refractivity contribution is -0.385. The average Bonchev–Trinajstić information content (AvgIpc) is 2.33. The summed E-state index contributed by atoms with van der Waals surface area (Å²) in [4.78, 5) is 13.9. The quantitative estimate of drug-likeness (QED) is 0.617. The zero-order valence-corrected chi connectivity index (χ0v) is 11.5. The third-order valence-corrected chi connectivity index (χ3v) is 3.89. The summed E-state index contributed by atoms with van der Waals surface area (Å²) in [5, 5.41) is 22.9. The molecule has 8 heteroatoms. The van der Waals surface area contributed by atoms with E-state index < -0.39 is 4.92 Å². The number of halogens is 1. The maximum absolute atomic E-state index is 10.5. The van der Waals surface area contributed by atoms with Crippen LogP contribution in [0.2, 0.25) is 5.02 Å². The fourth-order valence-electron chi connectivity index (χ4n) is 1.38. The minimum absolute atomic E-state index is 0.00180. The summed E-state index contributed by atoms with van der Waals surface area (Å²) >= 11 is 7.43. The van der Waals surface area contributed by atoms with Crippen LogP contribution in [0.1, 0.15) is 6.92 Å². The smallest absolute Gasteiger partial charge is 0.289 e. The van der Waals surface area contributed by atoms with Gasteiger partial charge in [-0.05, 0) is 13.2 Å².